The number of carboxylic acids is 1. The number of rotatable bonds is 8. The van der Waals surface area contributed by atoms with Gasteiger partial charge < -0.3 is 19.9 Å². The highest BCUT2D eigenvalue weighted by molar-refractivity contribution is 7.09. The van der Waals surface area contributed by atoms with E-state index in [0.29, 0.717) is 24.4 Å². The van der Waals surface area contributed by atoms with Gasteiger partial charge in [-0.05, 0) is 37.0 Å². The molecule has 138 valence electrons. The molecule has 0 saturated carbocycles. The Morgan fingerprint density at radius 2 is 2.15 bits per heavy atom. The number of thiazole rings is 1. The Morgan fingerprint density at radius 3 is 2.85 bits per heavy atom. The molecule has 0 bridgehead atoms. The molecule has 1 aromatic heterocycles. The molecule has 2 aromatic rings. The lowest BCUT2D eigenvalue weighted by Crippen LogP contribution is -2.26. The first-order valence-corrected chi connectivity index (χ1v) is 9.28. The van der Waals surface area contributed by atoms with Crippen molar-refractivity contribution in [3.05, 3.63) is 45.9 Å². The molecular formula is C18H20N2O5S. The zero-order valence-electron chi connectivity index (χ0n) is 14.1. The fraction of sp³-hybridized carbons (Fsp3) is 0.389. The number of aromatic nitrogens is 1. The van der Waals surface area contributed by atoms with Crippen LogP contribution in [0.4, 0.5) is 0 Å². The Hall–Kier alpha value is -2.45. The van der Waals surface area contributed by atoms with Crippen molar-refractivity contribution in [1.29, 1.82) is 0 Å². The van der Waals surface area contributed by atoms with Crippen molar-refractivity contribution < 1.29 is 24.2 Å². The summed E-state index contributed by atoms with van der Waals surface area (Å²) in [5.74, 6) is -0.697. The van der Waals surface area contributed by atoms with Gasteiger partial charge in [0.2, 0.25) is 0 Å². The molecule has 26 heavy (non-hydrogen) atoms. The summed E-state index contributed by atoms with van der Waals surface area (Å²) in [7, 11) is 0. The number of amides is 1. The number of carboxylic acid groups (broad SMARTS) is 1. The van der Waals surface area contributed by atoms with Gasteiger partial charge >= 0.3 is 5.97 Å². The van der Waals surface area contributed by atoms with Crippen LogP contribution in [-0.2, 0) is 16.0 Å². The zero-order valence-corrected chi connectivity index (χ0v) is 15.0. The largest absolute Gasteiger partial charge is 0.482 e. The summed E-state index contributed by atoms with van der Waals surface area (Å²) >= 11 is 1.46. The van der Waals surface area contributed by atoms with Gasteiger partial charge in [0.1, 0.15) is 22.6 Å². The molecule has 1 unspecified atom stereocenters. The van der Waals surface area contributed by atoms with Gasteiger partial charge in [-0.3, -0.25) is 4.79 Å². The van der Waals surface area contributed by atoms with Crippen molar-refractivity contribution in [2.75, 3.05) is 19.8 Å². The van der Waals surface area contributed by atoms with Crippen molar-refractivity contribution in [1.82, 2.24) is 10.3 Å². The second kappa shape index (κ2) is 8.77. The molecule has 7 nitrogen and oxygen atoms in total. The highest BCUT2D eigenvalue weighted by atomic mass is 32.1. The molecule has 1 saturated heterocycles. The average molecular weight is 376 g/mol. The van der Waals surface area contributed by atoms with Crippen molar-refractivity contribution >= 4 is 23.2 Å². The number of ether oxygens (including phenoxy) is 2. The average Bonchev–Trinajstić information content (AvgIpc) is 3.32. The van der Waals surface area contributed by atoms with Gasteiger partial charge in [0.25, 0.3) is 5.91 Å². The maximum atomic E-state index is 12.2. The number of carbonyl (C=O) groups excluding carboxylic acids is 1. The summed E-state index contributed by atoms with van der Waals surface area (Å²) in [6.07, 6.45) is 2.68. The molecule has 0 spiro atoms. The SMILES string of the molecule is O=C(O)COc1ccc(CCNC(=O)c2csc(C3CCCO3)n2)cc1. The molecule has 8 heteroatoms. The summed E-state index contributed by atoms with van der Waals surface area (Å²) in [5.41, 5.74) is 1.45. The first kappa shape index (κ1) is 18.3. The van der Waals surface area contributed by atoms with E-state index >= 15 is 0 Å². The smallest absolute Gasteiger partial charge is 0.341 e. The molecule has 1 fully saturated rings. The molecule has 2 heterocycles. The normalized spacial score (nSPS) is 16.4. The van der Waals surface area contributed by atoms with Crippen molar-refractivity contribution in [2.24, 2.45) is 0 Å². The molecule has 1 aliphatic heterocycles. The maximum Gasteiger partial charge on any atom is 0.341 e. The summed E-state index contributed by atoms with van der Waals surface area (Å²) in [6, 6.07) is 7.13. The van der Waals surface area contributed by atoms with E-state index in [1.54, 1.807) is 17.5 Å². The van der Waals surface area contributed by atoms with Crippen LogP contribution in [0.1, 0.15) is 40.0 Å². The first-order valence-electron chi connectivity index (χ1n) is 8.40. The molecule has 0 aliphatic carbocycles. The van der Waals surface area contributed by atoms with E-state index in [4.69, 9.17) is 14.6 Å². The predicted octanol–water partition coefficient (Wildman–Crippen LogP) is 2.43. The number of nitrogens with zero attached hydrogens (tertiary/aromatic N) is 1. The van der Waals surface area contributed by atoms with Crippen molar-refractivity contribution in [2.45, 2.75) is 25.4 Å². The van der Waals surface area contributed by atoms with Gasteiger partial charge in [-0.15, -0.1) is 11.3 Å². The monoisotopic (exact) mass is 376 g/mol. The number of hydrogen-bond donors (Lipinski definition) is 2. The lowest BCUT2D eigenvalue weighted by molar-refractivity contribution is -0.139. The van der Waals surface area contributed by atoms with Crippen LogP contribution in [0.3, 0.4) is 0 Å². The highest BCUT2D eigenvalue weighted by Crippen LogP contribution is 2.30. The van der Waals surface area contributed by atoms with Gasteiger partial charge in [-0.2, -0.15) is 0 Å². The highest BCUT2D eigenvalue weighted by Gasteiger charge is 2.22. The van der Waals surface area contributed by atoms with E-state index < -0.39 is 5.97 Å². The Kier molecular flexibility index (Phi) is 6.19. The van der Waals surface area contributed by atoms with Crippen LogP contribution in [-0.4, -0.2) is 41.7 Å². The molecule has 1 amide bonds. The summed E-state index contributed by atoms with van der Waals surface area (Å²) < 4.78 is 10.7. The molecule has 2 N–H and O–H groups in total. The first-order chi connectivity index (χ1) is 12.6. The van der Waals surface area contributed by atoms with Crippen LogP contribution in [0.15, 0.2) is 29.6 Å². The fourth-order valence-corrected chi connectivity index (χ4v) is 3.50. The van der Waals surface area contributed by atoms with Gasteiger partial charge in [-0.25, -0.2) is 9.78 Å². The third-order valence-electron chi connectivity index (χ3n) is 3.94. The number of benzene rings is 1. The molecule has 3 rings (SSSR count). The van der Waals surface area contributed by atoms with E-state index in [1.807, 2.05) is 12.1 Å². The number of carbonyl (C=O) groups is 2. The minimum Gasteiger partial charge on any atom is -0.482 e. The second-order valence-corrected chi connectivity index (χ2v) is 6.79. The number of aliphatic carboxylic acids is 1. The van der Waals surface area contributed by atoms with Crippen LogP contribution < -0.4 is 10.1 Å². The van der Waals surface area contributed by atoms with Crippen LogP contribution in [0, 0.1) is 0 Å². The lowest BCUT2D eigenvalue weighted by atomic mass is 10.1. The minimum absolute atomic E-state index is 0.0309. The topological polar surface area (TPSA) is 97.8 Å². The molecule has 1 atom stereocenters. The quantitative estimate of drug-likeness (QED) is 0.734. The van der Waals surface area contributed by atoms with E-state index in [-0.39, 0.29) is 18.6 Å². The third kappa shape index (κ3) is 5.03. The summed E-state index contributed by atoms with van der Waals surface area (Å²) in [5, 5.41) is 14.1. The van der Waals surface area contributed by atoms with Gasteiger partial charge in [0.05, 0.1) is 0 Å². The Morgan fingerprint density at radius 1 is 1.35 bits per heavy atom. The Labute approximate surface area is 155 Å². The summed E-state index contributed by atoms with van der Waals surface area (Å²) in [6.45, 7) is 0.879. The molecular weight excluding hydrogens is 356 g/mol. The fourth-order valence-electron chi connectivity index (χ4n) is 2.62. The van der Waals surface area contributed by atoms with Crippen molar-refractivity contribution in [3.8, 4) is 5.75 Å². The standard InChI is InChI=1S/C18H20N2O5S/c21-16(22)10-25-13-5-3-12(4-6-13)7-8-19-17(23)14-11-26-18(20-14)15-2-1-9-24-15/h3-6,11,15H,1-2,7-10H2,(H,19,23)(H,21,22). The van der Waals surface area contributed by atoms with Gasteiger partial charge in [0.15, 0.2) is 6.61 Å². The van der Waals surface area contributed by atoms with Crippen LogP contribution in [0.5, 0.6) is 5.75 Å². The molecule has 1 aromatic carbocycles. The molecule has 1 aliphatic rings. The van der Waals surface area contributed by atoms with E-state index in [2.05, 4.69) is 10.3 Å². The van der Waals surface area contributed by atoms with E-state index in [0.717, 1.165) is 30.0 Å². The van der Waals surface area contributed by atoms with E-state index in [9.17, 15) is 9.59 Å². The van der Waals surface area contributed by atoms with Crippen LogP contribution in [0.2, 0.25) is 0 Å². The van der Waals surface area contributed by atoms with Crippen molar-refractivity contribution in [3.63, 3.8) is 0 Å². The van der Waals surface area contributed by atoms with Gasteiger partial charge in [-0.1, -0.05) is 12.1 Å². The summed E-state index contributed by atoms with van der Waals surface area (Å²) in [4.78, 5) is 27.0. The maximum absolute atomic E-state index is 12.2. The van der Waals surface area contributed by atoms with Gasteiger partial charge in [0, 0.05) is 18.5 Å². The Balaban J connectivity index is 1.44. The molecule has 0 radical (unpaired) electrons. The zero-order chi connectivity index (χ0) is 18.4. The Bertz CT molecular complexity index is 753. The minimum atomic E-state index is -1.01. The lowest BCUT2D eigenvalue weighted by Gasteiger charge is -2.06. The predicted molar refractivity (Wildman–Crippen MR) is 95.7 cm³/mol. The van der Waals surface area contributed by atoms with Crippen LogP contribution >= 0.6 is 11.3 Å². The second-order valence-electron chi connectivity index (χ2n) is 5.90. The number of nitrogens with one attached hydrogen (secondary N) is 1. The van der Waals surface area contributed by atoms with Crippen LogP contribution in [0.25, 0.3) is 0 Å². The van der Waals surface area contributed by atoms with E-state index in [1.165, 1.54) is 11.3 Å². The number of hydrogen-bond acceptors (Lipinski definition) is 6. The third-order valence-corrected chi connectivity index (χ3v) is 4.88.